The Kier molecular flexibility index (Phi) is 4.78. The van der Waals surface area contributed by atoms with Gasteiger partial charge in [0.2, 0.25) is 0 Å². The molecule has 0 spiro atoms. The minimum absolute atomic E-state index is 0.354. The summed E-state index contributed by atoms with van der Waals surface area (Å²) in [7, 11) is 2.19. The average molecular weight is 323 g/mol. The van der Waals surface area contributed by atoms with Crippen molar-refractivity contribution in [2.24, 2.45) is 0 Å². The second kappa shape index (κ2) is 6.15. The van der Waals surface area contributed by atoms with Crippen molar-refractivity contribution in [2.45, 2.75) is 9.79 Å². The summed E-state index contributed by atoms with van der Waals surface area (Å²) >= 11 is 11.5. The first kappa shape index (κ1) is 14.0. The summed E-state index contributed by atoms with van der Waals surface area (Å²) in [6, 6.07) is 8.48. The molecule has 0 amide bonds. The lowest BCUT2D eigenvalue weighted by Gasteiger charge is -2.04. The lowest BCUT2D eigenvalue weighted by Crippen LogP contribution is -1.81. The van der Waals surface area contributed by atoms with Crippen LogP contribution in [0, 0.1) is 11.6 Å². The standard InChI is InChI=1S/C12H6Cl2F2S2/c13-7-1-3-9(15)11(5-7)17-18-12-6-8(14)2-4-10(12)16/h1-6H. The second-order valence-electron chi connectivity index (χ2n) is 3.32. The molecule has 94 valence electrons. The van der Waals surface area contributed by atoms with Crippen molar-refractivity contribution in [3.05, 3.63) is 58.1 Å². The van der Waals surface area contributed by atoms with E-state index in [1.807, 2.05) is 0 Å². The molecule has 0 saturated heterocycles. The molecule has 0 aromatic heterocycles. The molecular formula is C12H6Cl2F2S2. The summed E-state index contributed by atoms with van der Waals surface area (Å²) in [5.41, 5.74) is 0. The monoisotopic (exact) mass is 322 g/mol. The van der Waals surface area contributed by atoms with E-state index in [-0.39, 0.29) is 11.6 Å². The van der Waals surface area contributed by atoms with Gasteiger partial charge in [0.1, 0.15) is 11.6 Å². The van der Waals surface area contributed by atoms with Crippen LogP contribution in [0.15, 0.2) is 46.2 Å². The third-order valence-corrected chi connectivity index (χ3v) is 4.87. The number of hydrogen-bond acceptors (Lipinski definition) is 2. The van der Waals surface area contributed by atoms with E-state index in [1.165, 1.54) is 36.4 Å². The summed E-state index contributed by atoms with van der Waals surface area (Å²) in [5.74, 6) is -0.779. The molecule has 18 heavy (non-hydrogen) atoms. The van der Waals surface area contributed by atoms with Crippen LogP contribution < -0.4 is 0 Å². The summed E-state index contributed by atoms with van der Waals surface area (Å²) in [4.78, 5) is 0.707. The zero-order chi connectivity index (χ0) is 13.1. The molecule has 0 N–H and O–H groups in total. The molecular weight excluding hydrogens is 317 g/mol. The van der Waals surface area contributed by atoms with E-state index >= 15 is 0 Å². The normalized spacial score (nSPS) is 10.7. The maximum Gasteiger partial charge on any atom is 0.137 e. The van der Waals surface area contributed by atoms with Crippen molar-refractivity contribution in [1.82, 2.24) is 0 Å². The molecule has 2 rings (SSSR count). The molecule has 6 heteroatoms. The molecule has 0 aliphatic rings. The fraction of sp³-hybridized carbons (Fsp3) is 0. The fourth-order valence-electron chi connectivity index (χ4n) is 1.17. The molecule has 2 aromatic rings. The topological polar surface area (TPSA) is 0 Å². The van der Waals surface area contributed by atoms with Gasteiger partial charge in [-0.25, -0.2) is 8.78 Å². The Morgan fingerprint density at radius 3 is 1.50 bits per heavy atom. The molecule has 0 radical (unpaired) electrons. The molecule has 0 aliphatic heterocycles. The van der Waals surface area contributed by atoms with Gasteiger partial charge >= 0.3 is 0 Å². The van der Waals surface area contributed by atoms with E-state index in [2.05, 4.69) is 0 Å². The first-order valence-electron chi connectivity index (χ1n) is 4.81. The van der Waals surface area contributed by atoms with Gasteiger partial charge in [0, 0.05) is 10.0 Å². The van der Waals surface area contributed by atoms with E-state index in [0.29, 0.717) is 19.8 Å². The van der Waals surface area contributed by atoms with Crippen molar-refractivity contribution in [3.63, 3.8) is 0 Å². The maximum atomic E-state index is 13.4. The predicted octanol–water partition coefficient (Wildman–Crippen LogP) is 6.07. The quantitative estimate of drug-likeness (QED) is 0.629. The van der Waals surface area contributed by atoms with Gasteiger partial charge in [0.25, 0.3) is 0 Å². The number of halogens is 4. The number of hydrogen-bond donors (Lipinski definition) is 0. The van der Waals surface area contributed by atoms with Crippen molar-refractivity contribution < 1.29 is 8.78 Å². The van der Waals surface area contributed by atoms with Gasteiger partial charge in [-0.05, 0) is 58.0 Å². The van der Waals surface area contributed by atoms with Gasteiger partial charge in [-0.15, -0.1) is 0 Å². The molecule has 0 bridgehead atoms. The van der Waals surface area contributed by atoms with Gasteiger partial charge in [-0.1, -0.05) is 23.2 Å². The molecule has 0 saturated carbocycles. The van der Waals surface area contributed by atoms with Gasteiger partial charge in [-0.3, -0.25) is 0 Å². The SMILES string of the molecule is Fc1ccc(Cl)cc1SSc1cc(Cl)ccc1F. The van der Waals surface area contributed by atoms with Crippen LogP contribution in [-0.4, -0.2) is 0 Å². The molecule has 0 unspecified atom stereocenters. The number of rotatable bonds is 3. The van der Waals surface area contributed by atoms with E-state index in [1.54, 1.807) is 0 Å². The van der Waals surface area contributed by atoms with Crippen LogP contribution >= 0.6 is 44.8 Å². The Hall–Kier alpha value is -0.420. The van der Waals surface area contributed by atoms with Crippen LogP contribution in [0.3, 0.4) is 0 Å². The fourth-order valence-corrected chi connectivity index (χ4v) is 3.78. The third kappa shape index (κ3) is 3.54. The van der Waals surface area contributed by atoms with Crippen LogP contribution in [0.4, 0.5) is 8.78 Å². The summed E-state index contributed by atoms with van der Waals surface area (Å²) < 4.78 is 26.9. The molecule has 2 aromatic carbocycles. The molecule has 0 aliphatic carbocycles. The average Bonchev–Trinajstić information content (AvgIpc) is 2.34. The van der Waals surface area contributed by atoms with Gasteiger partial charge in [0.15, 0.2) is 0 Å². The molecule has 0 nitrogen and oxygen atoms in total. The largest absolute Gasteiger partial charge is 0.206 e. The van der Waals surface area contributed by atoms with Crippen LogP contribution in [0.5, 0.6) is 0 Å². The highest BCUT2D eigenvalue weighted by Crippen LogP contribution is 2.41. The number of benzene rings is 2. The molecule has 0 atom stereocenters. The Morgan fingerprint density at radius 2 is 1.11 bits per heavy atom. The minimum Gasteiger partial charge on any atom is -0.206 e. The van der Waals surface area contributed by atoms with Gasteiger partial charge < -0.3 is 0 Å². The predicted molar refractivity (Wildman–Crippen MR) is 74.5 cm³/mol. The van der Waals surface area contributed by atoms with Gasteiger partial charge in [0.05, 0.1) is 9.79 Å². The highest BCUT2D eigenvalue weighted by atomic mass is 35.5. The van der Waals surface area contributed by atoms with Crippen molar-refractivity contribution in [3.8, 4) is 0 Å². The Bertz CT molecular complexity index is 524. The third-order valence-electron chi connectivity index (χ3n) is 2.01. The van der Waals surface area contributed by atoms with Crippen molar-refractivity contribution in [2.75, 3.05) is 0 Å². The van der Waals surface area contributed by atoms with E-state index < -0.39 is 0 Å². The zero-order valence-corrected chi connectivity index (χ0v) is 11.9. The molecule has 0 fully saturated rings. The highest BCUT2D eigenvalue weighted by Gasteiger charge is 2.08. The summed E-state index contributed by atoms with van der Waals surface area (Å²) in [5, 5.41) is 0.872. The smallest absolute Gasteiger partial charge is 0.137 e. The van der Waals surface area contributed by atoms with Crippen molar-refractivity contribution >= 4 is 44.8 Å². The first-order valence-corrected chi connectivity index (χ1v) is 7.71. The Morgan fingerprint density at radius 1 is 0.722 bits per heavy atom. The second-order valence-corrected chi connectivity index (χ2v) is 6.40. The van der Waals surface area contributed by atoms with E-state index in [0.717, 1.165) is 21.6 Å². The first-order chi connectivity index (χ1) is 8.56. The lowest BCUT2D eigenvalue weighted by atomic mass is 10.3. The summed E-state index contributed by atoms with van der Waals surface area (Å²) in [6.07, 6.45) is 0. The highest BCUT2D eigenvalue weighted by molar-refractivity contribution is 8.76. The summed E-state index contributed by atoms with van der Waals surface area (Å²) in [6.45, 7) is 0. The van der Waals surface area contributed by atoms with Crippen LogP contribution in [0.1, 0.15) is 0 Å². The van der Waals surface area contributed by atoms with Crippen LogP contribution in [0.2, 0.25) is 10.0 Å². The zero-order valence-electron chi connectivity index (χ0n) is 8.79. The van der Waals surface area contributed by atoms with Gasteiger partial charge in [-0.2, -0.15) is 0 Å². The maximum absolute atomic E-state index is 13.4. The van der Waals surface area contributed by atoms with Crippen LogP contribution in [0.25, 0.3) is 0 Å². The van der Waals surface area contributed by atoms with E-state index in [9.17, 15) is 8.78 Å². The minimum atomic E-state index is -0.390. The Balaban J connectivity index is 2.16. The molecule has 0 heterocycles. The van der Waals surface area contributed by atoms with E-state index in [4.69, 9.17) is 23.2 Å². The lowest BCUT2D eigenvalue weighted by molar-refractivity contribution is 0.601. The van der Waals surface area contributed by atoms with Crippen LogP contribution in [-0.2, 0) is 0 Å². The van der Waals surface area contributed by atoms with Crippen molar-refractivity contribution in [1.29, 1.82) is 0 Å². The Labute approximate surface area is 121 Å².